The molecule has 3 atom stereocenters. The van der Waals surface area contributed by atoms with Crippen LogP contribution in [0.1, 0.15) is 19.8 Å². The van der Waals surface area contributed by atoms with Gasteiger partial charge in [0, 0.05) is 46.2 Å². The van der Waals surface area contributed by atoms with Crippen molar-refractivity contribution in [1.29, 1.82) is 0 Å². The molecule has 3 aliphatic rings. The zero-order chi connectivity index (χ0) is 15.0. The van der Waals surface area contributed by atoms with Crippen molar-refractivity contribution in [2.75, 3.05) is 46.3 Å². The van der Waals surface area contributed by atoms with Gasteiger partial charge in [0.1, 0.15) is 6.10 Å². The topological polar surface area (TPSA) is 53.1 Å². The van der Waals surface area contributed by atoms with Gasteiger partial charge in [-0.15, -0.1) is 0 Å². The highest BCUT2D eigenvalue weighted by Crippen LogP contribution is 2.34. The first-order chi connectivity index (χ1) is 10.0. The van der Waals surface area contributed by atoms with Crippen LogP contribution in [0.4, 0.5) is 0 Å². The van der Waals surface area contributed by atoms with E-state index in [4.69, 9.17) is 4.74 Å². The van der Waals surface area contributed by atoms with E-state index < -0.39 is 0 Å². The zero-order valence-corrected chi connectivity index (χ0v) is 13.0. The van der Waals surface area contributed by atoms with Crippen molar-refractivity contribution in [2.45, 2.75) is 32.0 Å². The average Bonchev–Trinajstić information content (AvgIpc) is 2.90. The van der Waals surface area contributed by atoms with Gasteiger partial charge in [0.05, 0.1) is 6.10 Å². The number of ether oxygens (including phenoxy) is 1. The lowest BCUT2D eigenvalue weighted by molar-refractivity contribution is -0.146. The van der Waals surface area contributed by atoms with Crippen molar-refractivity contribution < 1.29 is 14.3 Å². The highest BCUT2D eigenvalue weighted by molar-refractivity contribution is 5.81. The van der Waals surface area contributed by atoms with E-state index in [0.29, 0.717) is 12.5 Å². The lowest BCUT2D eigenvalue weighted by Gasteiger charge is -2.34. The summed E-state index contributed by atoms with van der Waals surface area (Å²) < 4.78 is 5.99. The van der Waals surface area contributed by atoms with Crippen LogP contribution in [0, 0.1) is 5.92 Å². The summed E-state index contributed by atoms with van der Waals surface area (Å²) in [5, 5.41) is 0. The number of amides is 2. The van der Waals surface area contributed by atoms with Crippen LogP contribution in [-0.2, 0) is 14.3 Å². The van der Waals surface area contributed by atoms with E-state index in [1.807, 2.05) is 9.80 Å². The Morgan fingerprint density at radius 3 is 2.43 bits per heavy atom. The molecule has 0 radical (unpaired) electrons. The third-order valence-corrected chi connectivity index (χ3v) is 5.09. The zero-order valence-electron chi connectivity index (χ0n) is 13.0. The van der Waals surface area contributed by atoms with Gasteiger partial charge in [-0.1, -0.05) is 0 Å². The number of likely N-dealkylation sites (tertiary alicyclic amines) is 1. The lowest BCUT2D eigenvalue weighted by Crippen LogP contribution is -2.50. The smallest absolute Gasteiger partial charge is 0.251 e. The number of likely N-dealkylation sites (N-methyl/N-ethyl adjacent to an activating group) is 1. The quantitative estimate of drug-likeness (QED) is 0.671. The standard InChI is InChI=1S/C15H25N3O3/c1-11(19)18-4-3-12-9-13(21-14(12)10-18)15(20)17-7-5-16(2)6-8-17/h12-14H,3-10H2,1-2H3/t12-,13-,14+/m0/s1. The van der Waals surface area contributed by atoms with Gasteiger partial charge in [-0.05, 0) is 25.8 Å². The molecule has 0 aromatic heterocycles. The van der Waals surface area contributed by atoms with E-state index in [2.05, 4.69) is 11.9 Å². The SMILES string of the molecule is CC(=O)N1CC[C@H]2C[C@@H](C(=O)N3CCN(C)CC3)O[C@@H]2C1. The van der Waals surface area contributed by atoms with Crippen LogP contribution >= 0.6 is 0 Å². The van der Waals surface area contributed by atoms with Gasteiger partial charge >= 0.3 is 0 Å². The number of nitrogens with zero attached hydrogens (tertiary/aromatic N) is 3. The second-order valence-corrected chi connectivity index (χ2v) is 6.54. The van der Waals surface area contributed by atoms with E-state index in [1.54, 1.807) is 6.92 Å². The summed E-state index contributed by atoms with van der Waals surface area (Å²) in [7, 11) is 2.08. The molecule has 3 heterocycles. The van der Waals surface area contributed by atoms with E-state index in [1.165, 1.54) is 0 Å². The number of carbonyl (C=O) groups is 2. The van der Waals surface area contributed by atoms with Crippen molar-refractivity contribution in [2.24, 2.45) is 5.92 Å². The predicted molar refractivity (Wildman–Crippen MR) is 77.7 cm³/mol. The number of piperidine rings is 1. The number of hydrogen-bond acceptors (Lipinski definition) is 4. The largest absolute Gasteiger partial charge is 0.363 e. The van der Waals surface area contributed by atoms with E-state index in [0.717, 1.165) is 45.6 Å². The van der Waals surface area contributed by atoms with Crippen LogP contribution in [0.2, 0.25) is 0 Å². The molecule has 6 heteroatoms. The van der Waals surface area contributed by atoms with Crippen molar-refractivity contribution in [1.82, 2.24) is 14.7 Å². The monoisotopic (exact) mass is 295 g/mol. The summed E-state index contributed by atoms with van der Waals surface area (Å²) in [6, 6.07) is 0. The summed E-state index contributed by atoms with van der Waals surface area (Å²) >= 11 is 0. The summed E-state index contributed by atoms with van der Waals surface area (Å²) in [4.78, 5) is 30.1. The van der Waals surface area contributed by atoms with Crippen LogP contribution in [0.3, 0.4) is 0 Å². The molecule has 0 aromatic rings. The third kappa shape index (κ3) is 3.06. The fraction of sp³-hybridized carbons (Fsp3) is 0.867. The highest BCUT2D eigenvalue weighted by atomic mass is 16.5. The molecular formula is C15H25N3O3. The highest BCUT2D eigenvalue weighted by Gasteiger charge is 2.43. The third-order valence-electron chi connectivity index (χ3n) is 5.09. The van der Waals surface area contributed by atoms with Crippen LogP contribution in [0.25, 0.3) is 0 Å². The second-order valence-electron chi connectivity index (χ2n) is 6.54. The molecule has 118 valence electrons. The molecular weight excluding hydrogens is 270 g/mol. The Bertz CT molecular complexity index is 420. The fourth-order valence-electron chi connectivity index (χ4n) is 3.61. The first-order valence-corrected chi connectivity index (χ1v) is 7.93. The Morgan fingerprint density at radius 2 is 1.76 bits per heavy atom. The van der Waals surface area contributed by atoms with E-state index >= 15 is 0 Å². The normalized spacial score (nSPS) is 33.9. The Kier molecular flexibility index (Phi) is 4.17. The van der Waals surface area contributed by atoms with Gasteiger partial charge in [0.15, 0.2) is 0 Å². The van der Waals surface area contributed by atoms with Gasteiger partial charge in [-0.3, -0.25) is 9.59 Å². The first-order valence-electron chi connectivity index (χ1n) is 7.93. The lowest BCUT2D eigenvalue weighted by atomic mass is 9.91. The maximum Gasteiger partial charge on any atom is 0.251 e. The first kappa shape index (κ1) is 14.8. The van der Waals surface area contributed by atoms with Crippen molar-refractivity contribution in [3.8, 4) is 0 Å². The fourth-order valence-corrected chi connectivity index (χ4v) is 3.61. The molecule has 21 heavy (non-hydrogen) atoms. The molecule has 0 aromatic carbocycles. The van der Waals surface area contributed by atoms with Crippen LogP contribution < -0.4 is 0 Å². The Labute approximate surface area is 126 Å². The molecule has 0 aliphatic carbocycles. The molecule has 0 bridgehead atoms. The molecule has 0 spiro atoms. The minimum Gasteiger partial charge on any atom is -0.363 e. The molecule has 0 saturated carbocycles. The molecule has 0 unspecified atom stereocenters. The number of fused-ring (bicyclic) bond motifs is 1. The van der Waals surface area contributed by atoms with Crippen LogP contribution in [-0.4, -0.2) is 85.0 Å². The molecule has 0 N–H and O–H groups in total. The van der Waals surface area contributed by atoms with Crippen molar-refractivity contribution in [3.05, 3.63) is 0 Å². The van der Waals surface area contributed by atoms with Gasteiger partial charge in [-0.2, -0.15) is 0 Å². The number of hydrogen-bond donors (Lipinski definition) is 0. The average molecular weight is 295 g/mol. The number of carbonyl (C=O) groups excluding carboxylic acids is 2. The summed E-state index contributed by atoms with van der Waals surface area (Å²) in [5.41, 5.74) is 0. The van der Waals surface area contributed by atoms with E-state index in [-0.39, 0.29) is 24.0 Å². The second kappa shape index (κ2) is 5.93. The van der Waals surface area contributed by atoms with Gasteiger partial charge in [0.2, 0.25) is 5.91 Å². The summed E-state index contributed by atoms with van der Waals surface area (Å²) in [5.74, 6) is 0.680. The molecule has 3 saturated heterocycles. The maximum atomic E-state index is 12.6. The molecule has 3 fully saturated rings. The number of piperazine rings is 1. The van der Waals surface area contributed by atoms with Gasteiger partial charge in [0.25, 0.3) is 5.91 Å². The van der Waals surface area contributed by atoms with Crippen molar-refractivity contribution >= 4 is 11.8 Å². The minimum atomic E-state index is -0.296. The van der Waals surface area contributed by atoms with Crippen LogP contribution in [0.5, 0.6) is 0 Å². The maximum absolute atomic E-state index is 12.6. The Balaban J connectivity index is 1.57. The number of rotatable bonds is 1. The molecule has 2 amide bonds. The van der Waals surface area contributed by atoms with Crippen LogP contribution in [0.15, 0.2) is 0 Å². The predicted octanol–water partition coefficient (Wildman–Crippen LogP) is -0.214. The molecule has 3 rings (SSSR count). The molecule has 3 aliphatic heterocycles. The summed E-state index contributed by atoms with van der Waals surface area (Å²) in [6.07, 6.45) is 1.53. The van der Waals surface area contributed by atoms with Crippen molar-refractivity contribution in [3.63, 3.8) is 0 Å². The molecule has 6 nitrogen and oxygen atoms in total. The van der Waals surface area contributed by atoms with E-state index in [9.17, 15) is 9.59 Å². The minimum absolute atomic E-state index is 0.0454. The van der Waals surface area contributed by atoms with Gasteiger partial charge < -0.3 is 19.4 Å². The Morgan fingerprint density at radius 1 is 1.05 bits per heavy atom. The Hall–Kier alpha value is -1.14. The van der Waals surface area contributed by atoms with Gasteiger partial charge in [-0.25, -0.2) is 0 Å². The summed E-state index contributed by atoms with van der Waals surface area (Å²) in [6.45, 7) is 6.50.